The molecule has 0 spiro atoms. The Bertz CT molecular complexity index is 868. The summed E-state index contributed by atoms with van der Waals surface area (Å²) in [4.78, 5) is 37.2. The second-order valence-electron chi connectivity index (χ2n) is 5.12. The van der Waals surface area contributed by atoms with E-state index in [2.05, 4.69) is 4.74 Å². The van der Waals surface area contributed by atoms with Gasteiger partial charge in [0.2, 0.25) is 5.76 Å². The number of hydrogen-bond donors (Lipinski definition) is 1. The summed E-state index contributed by atoms with van der Waals surface area (Å²) >= 11 is 0.820. The third kappa shape index (κ3) is 3.58. The van der Waals surface area contributed by atoms with Crippen molar-refractivity contribution >= 4 is 35.0 Å². The topological polar surface area (TPSA) is 97.0 Å². The first-order valence-corrected chi connectivity index (χ1v) is 8.01. The summed E-state index contributed by atoms with van der Waals surface area (Å²) in [5.74, 6) is -0.658. The number of hydrogen-bond acceptors (Lipinski definition) is 7. The maximum atomic E-state index is 12.4. The molecule has 25 heavy (non-hydrogen) atoms. The number of phenolic OH excluding ortho intramolecular Hbond substituents is 1. The van der Waals surface area contributed by atoms with Crippen molar-refractivity contribution < 1.29 is 28.6 Å². The zero-order valence-electron chi connectivity index (χ0n) is 13.1. The van der Waals surface area contributed by atoms with Gasteiger partial charge in [0.25, 0.3) is 11.1 Å². The number of carbonyl (C=O) groups excluding carboxylic acids is 3. The highest BCUT2D eigenvalue weighted by atomic mass is 32.2. The molecule has 0 unspecified atom stereocenters. The van der Waals surface area contributed by atoms with Crippen molar-refractivity contribution in [1.82, 2.24) is 4.90 Å². The molecule has 128 valence electrons. The van der Waals surface area contributed by atoms with Gasteiger partial charge in [-0.3, -0.25) is 14.5 Å². The van der Waals surface area contributed by atoms with Crippen LogP contribution in [0.3, 0.4) is 0 Å². The number of imide groups is 1. The van der Waals surface area contributed by atoms with Gasteiger partial charge in [0.15, 0.2) is 0 Å². The molecule has 0 saturated carbocycles. The lowest BCUT2D eigenvalue weighted by Crippen LogP contribution is -2.27. The van der Waals surface area contributed by atoms with Gasteiger partial charge in [-0.2, -0.15) is 0 Å². The molecule has 1 aliphatic rings. The second kappa shape index (κ2) is 6.86. The van der Waals surface area contributed by atoms with Gasteiger partial charge in [-0.15, -0.1) is 0 Å². The SMILES string of the molecule is COC(=O)c1ccc(CN2C(=O)SC(=Cc3ccc(O)cc3)C2=O)o1. The molecule has 2 amide bonds. The Morgan fingerprint density at radius 1 is 1.24 bits per heavy atom. The quantitative estimate of drug-likeness (QED) is 0.662. The minimum absolute atomic E-state index is 0.00380. The Morgan fingerprint density at radius 2 is 1.96 bits per heavy atom. The van der Waals surface area contributed by atoms with Crippen molar-refractivity contribution in [2.75, 3.05) is 7.11 Å². The number of thioether (sulfide) groups is 1. The van der Waals surface area contributed by atoms with Crippen LogP contribution in [-0.2, 0) is 16.1 Å². The number of nitrogens with zero attached hydrogens (tertiary/aromatic N) is 1. The molecule has 7 nitrogen and oxygen atoms in total. The highest BCUT2D eigenvalue weighted by Gasteiger charge is 2.35. The number of phenols is 1. The Labute approximate surface area is 146 Å². The fourth-order valence-corrected chi connectivity index (χ4v) is 3.03. The normalized spacial score (nSPS) is 15.9. The molecule has 1 aromatic heterocycles. The molecule has 1 saturated heterocycles. The maximum absolute atomic E-state index is 12.4. The molecule has 3 rings (SSSR count). The first-order chi connectivity index (χ1) is 12.0. The molecule has 1 aliphatic heterocycles. The van der Waals surface area contributed by atoms with Crippen molar-refractivity contribution in [3.63, 3.8) is 0 Å². The smallest absolute Gasteiger partial charge is 0.373 e. The van der Waals surface area contributed by atoms with Crippen LogP contribution in [0.5, 0.6) is 5.75 Å². The lowest BCUT2D eigenvalue weighted by atomic mass is 10.2. The molecule has 0 radical (unpaired) electrons. The molecule has 8 heteroatoms. The molecule has 2 heterocycles. The van der Waals surface area contributed by atoms with E-state index >= 15 is 0 Å². The van der Waals surface area contributed by atoms with Crippen molar-refractivity contribution in [3.8, 4) is 5.75 Å². The van der Waals surface area contributed by atoms with Crippen molar-refractivity contribution in [3.05, 3.63) is 58.4 Å². The zero-order chi connectivity index (χ0) is 18.0. The van der Waals surface area contributed by atoms with Gasteiger partial charge in [-0.1, -0.05) is 12.1 Å². The molecule has 1 N–H and O–H groups in total. The Kier molecular flexibility index (Phi) is 4.62. The fourth-order valence-electron chi connectivity index (χ4n) is 2.19. The summed E-state index contributed by atoms with van der Waals surface area (Å²) < 4.78 is 9.83. The van der Waals surface area contributed by atoms with Crippen LogP contribution in [0.1, 0.15) is 21.9 Å². The predicted molar refractivity (Wildman–Crippen MR) is 89.7 cm³/mol. The number of methoxy groups -OCH3 is 1. The molecule has 0 aliphatic carbocycles. The van der Waals surface area contributed by atoms with Gasteiger partial charge in [0.05, 0.1) is 18.6 Å². The average molecular weight is 359 g/mol. The highest BCUT2D eigenvalue weighted by Crippen LogP contribution is 2.33. The number of carbonyl (C=O) groups is 3. The van der Waals surface area contributed by atoms with Crippen molar-refractivity contribution in [2.24, 2.45) is 0 Å². The zero-order valence-corrected chi connectivity index (χ0v) is 13.9. The molecule has 1 fully saturated rings. The number of aromatic hydroxyl groups is 1. The number of amides is 2. The van der Waals surface area contributed by atoms with E-state index in [0.29, 0.717) is 11.3 Å². The summed E-state index contributed by atoms with van der Waals surface area (Å²) in [6.45, 7) is -0.0748. The van der Waals surface area contributed by atoms with Crippen LogP contribution >= 0.6 is 11.8 Å². The van der Waals surface area contributed by atoms with E-state index in [4.69, 9.17) is 4.42 Å². The summed E-state index contributed by atoms with van der Waals surface area (Å²) in [6.07, 6.45) is 1.58. The lowest BCUT2D eigenvalue weighted by molar-refractivity contribution is -0.123. The summed E-state index contributed by atoms with van der Waals surface area (Å²) in [5.41, 5.74) is 0.689. The maximum Gasteiger partial charge on any atom is 0.373 e. The largest absolute Gasteiger partial charge is 0.508 e. The molecule has 1 aromatic carbocycles. The van der Waals surface area contributed by atoms with Crippen LogP contribution in [-0.4, -0.2) is 34.2 Å². The second-order valence-corrected chi connectivity index (χ2v) is 6.11. The van der Waals surface area contributed by atoms with Crippen LogP contribution in [0.25, 0.3) is 6.08 Å². The number of furan rings is 1. The summed E-state index contributed by atoms with van der Waals surface area (Å²) in [5, 5.41) is 8.85. The number of rotatable bonds is 4. The van der Waals surface area contributed by atoms with E-state index in [-0.39, 0.29) is 23.0 Å². The first kappa shape index (κ1) is 16.8. The Hall–Kier alpha value is -3.00. The standard InChI is InChI=1S/C17H13NO6S/c1-23-16(21)13-7-6-12(24-13)9-18-15(20)14(25-17(18)22)8-10-2-4-11(19)5-3-10/h2-8,19H,9H2,1H3. The molecular weight excluding hydrogens is 346 g/mol. The van der Waals surface area contributed by atoms with E-state index in [1.807, 2.05) is 0 Å². The number of esters is 1. The molecule has 2 aromatic rings. The van der Waals surface area contributed by atoms with E-state index in [9.17, 15) is 19.5 Å². The molecular formula is C17H13NO6S. The molecule has 0 atom stereocenters. The number of ether oxygens (including phenoxy) is 1. The third-order valence-electron chi connectivity index (χ3n) is 3.43. The van der Waals surface area contributed by atoms with Crippen LogP contribution in [0.2, 0.25) is 0 Å². The molecule has 0 bridgehead atoms. The van der Waals surface area contributed by atoms with E-state index in [1.165, 1.54) is 31.4 Å². The van der Waals surface area contributed by atoms with E-state index < -0.39 is 17.1 Å². The highest BCUT2D eigenvalue weighted by molar-refractivity contribution is 8.18. The average Bonchev–Trinajstić information content (AvgIpc) is 3.17. The van der Waals surface area contributed by atoms with Crippen LogP contribution in [0, 0.1) is 0 Å². The van der Waals surface area contributed by atoms with Gasteiger partial charge in [-0.25, -0.2) is 4.79 Å². The van der Waals surface area contributed by atoms with Gasteiger partial charge in [0.1, 0.15) is 11.5 Å². The van der Waals surface area contributed by atoms with E-state index in [1.54, 1.807) is 18.2 Å². The Balaban J connectivity index is 1.76. The van der Waals surface area contributed by atoms with Crippen LogP contribution in [0.15, 0.2) is 45.7 Å². The van der Waals surface area contributed by atoms with Gasteiger partial charge in [-0.05, 0) is 47.7 Å². The third-order valence-corrected chi connectivity index (χ3v) is 4.33. The van der Waals surface area contributed by atoms with E-state index in [0.717, 1.165) is 16.7 Å². The predicted octanol–water partition coefficient (Wildman–Crippen LogP) is 3.01. The minimum Gasteiger partial charge on any atom is -0.508 e. The first-order valence-electron chi connectivity index (χ1n) is 7.19. The van der Waals surface area contributed by atoms with Crippen molar-refractivity contribution in [2.45, 2.75) is 6.54 Å². The fraction of sp³-hybridized carbons (Fsp3) is 0.118. The van der Waals surface area contributed by atoms with Gasteiger partial charge in [0, 0.05) is 0 Å². The number of benzene rings is 1. The monoisotopic (exact) mass is 359 g/mol. The van der Waals surface area contributed by atoms with Crippen LogP contribution in [0.4, 0.5) is 4.79 Å². The minimum atomic E-state index is -0.632. The van der Waals surface area contributed by atoms with Gasteiger partial charge >= 0.3 is 5.97 Å². The van der Waals surface area contributed by atoms with Crippen molar-refractivity contribution in [1.29, 1.82) is 0 Å². The van der Waals surface area contributed by atoms with Gasteiger partial charge < -0.3 is 14.3 Å². The Morgan fingerprint density at radius 3 is 2.64 bits per heavy atom. The summed E-state index contributed by atoms with van der Waals surface area (Å²) in [7, 11) is 1.23. The summed E-state index contributed by atoms with van der Waals surface area (Å²) in [6, 6.07) is 9.20. The van der Waals surface area contributed by atoms with Crippen LogP contribution < -0.4 is 0 Å². The lowest BCUT2D eigenvalue weighted by Gasteiger charge is -2.09.